The fourth-order valence-electron chi connectivity index (χ4n) is 2.90. The highest BCUT2D eigenvalue weighted by Crippen LogP contribution is 2.25. The largest absolute Gasteiger partial charge is 0.481 e. The summed E-state index contributed by atoms with van der Waals surface area (Å²) < 4.78 is 8.01. The Kier molecular flexibility index (Phi) is 5.19. The first kappa shape index (κ1) is 17.6. The van der Waals surface area contributed by atoms with Gasteiger partial charge in [-0.05, 0) is 37.1 Å². The van der Waals surface area contributed by atoms with Crippen molar-refractivity contribution in [1.82, 2.24) is 14.9 Å². The van der Waals surface area contributed by atoms with Crippen molar-refractivity contribution in [2.45, 2.75) is 24.8 Å². The molecule has 3 rings (SSSR count). The van der Waals surface area contributed by atoms with Gasteiger partial charge < -0.3 is 19.7 Å². The molecule has 1 aromatic heterocycles. The van der Waals surface area contributed by atoms with Crippen molar-refractivity contribution in [1.29, 1.82) is 0 Å². The number of imidazole rings is 1. The number of aliphatic carboxylic acids is 1. The molecule has 0 spiro atoms. The highest BCUT2D eigenvalue weighted by atomic mass is 79.9. The van der Waals surface area contributed by atoms with Crippen molar-refractivity contribution in [3.63, 3.8) is 0 Å². The first-order valence-electron chi connectivity index (χ1n) is 7.89. The number of rotatable bonds is 5. The van der Waals surface area contributed by atoms with E-state index < -0.39 is 11.5 Å². The highest BCUT2D eigenvalue weighted by molar-refractivity contribution is 9.10. The Bertz CT molecular complexity index is 766. The zero-order chi connectivity index (χ0) is 17.9. The number of carbonyl (C=O) groups is 2. The topological polar surface area (TPSA) is 93.5 Å². The van der Waals surface area contributed by atoms with Crippen LogP contribution in [0.25, 0.3) is 5.69 Å². The first-order valence-corrected chi connectivity index (χ1v) is 8.69. The van der Waals surface area contributed by atoms with Gasteiger partial charge in [-0.2, -0.15) is 0 Å². The van der Waals surface area contributed by atoms with E-state index in [2.05, 4.69) is 26.2 Å². The number of carboxylic acid groups (broad SMARTS) is 1. The van der Waals surface area contributed by atoms with E-state index in [4.69, 9.17) is 4.74 Å². The third-order valence-electron chi connectivity index (χ3n) is 4.26. The van der Waals surface area contributed by atoms with Crippen molar-refractivity contribution < 1.29 is 19.4 Å². The lowest BCUT2D eigenvalue weighted by atomic mass is 9.86. The number of hydrogen-bond acceptors (Lipinski definition) is 4. The van der Waals surface area contributed by atoms with Crippen LogP contribution in [0, 0.1) is 0 Å². The Labute approximate surface area is 153 Å². The predicted molar refractivity (Wildman–Crippen MR) is 93.8 cm³/mol. The van der Waals surface area contributed by atoms with Crippen LogP contribution in [0.2, 0.25) is 0 Å². The van der Waals surface area contributed by atoms with Crippen LogP contribution in [0.15, 0.2) is 41.3 Å². The second kappa shape index (κ2) is 7.37. The van der Waals surface area contributed by atoms with E-state index >= 15 is 0 Å². The van der Waals surface area contributed by atoms with Gasteiger partial charge in [0.2, 0.25) is 0 Å². The number of aromatic nitrogens is 2. The lowest BCUT2D eigenvalue weighted by Gasteiger charge is -2.36. The molecule has 8 heteroatoms. The Hall–Kier alpha value is -2.19. The monoisotopic (exact) mass is 407 g/mol. The Balaban J connectivity index is 1.76. The molecular weight excluding hydrogens is 390 g/mol. The summed E-state index contributed by atoms with van der Waals surface area (Å²) in [4.78, 5) is 27.9. The molecule has 1 saturated heterocycles. The molecule has 7 nitrogen and oxygen atoms in total. The predicted octanol–water partition coefficient (Wildman–Crippen LogP) is 2.39. The molecule has 132 valence electrons. The maximum atomic E-state index is 12.6. The van der Waals surface area contributed by atoms with E-state index in [1.54, 1.807) is 17.1 Å². The molecular formula is C17H18BrN3O4. The van der Waals surface area contributed by atoms with Gasteiger partial charge in [0.1, 0.15) is 12.0 Å². The van der Waals surface area contributed by atoms with Crippen LogP contribution in [-0.4, -0.2) is 45.3 Å². The molecule has 0 unspecified atom stereocenters. The molecule has 2 aromatic rings. The van der Waals surface area contributed by atoms with E-state index in [0.29, 0.717) is 26.1 Å². The van der Waals surface area contributed by atoms with Gasteiger partial charge in [-0.15, -0.1) is 0 Å². The number of amides is 1. The van der Waals surface area contributed by atoms with Gasteiger partial charge in [0, 0.05) is 29.6 Å². The van der Waals surface area contributed by atoms with Crippen LogP contribution in [0.3, 0.4) is 0 Å². The molecule has 1 aliphatic heterocycles. The standard InChI is InChI=1S/C17H18BrN3O4/c18-12-1-3-13(4-2-12)21-10-14(19-11-21)16(24)20-17(9-15(22)23)5-7-25-8-6-17/h1-4,10-11H,5-9H2,(H,20,24)(H,22,23). The Morgan fingerprint density at radius 3 is 2.60 bits per heavy atom. The minimum absolute atomic E-state index is 0.129. The van der Waals surface area contributed by atoms with E-state index in [1.807, 2.05) is 24.3 Å². The van der Waals surface area contributed by atoms with E-state index in [-0.39, 0.29) is 18.0 Å². The normalized spacial score (nSPS) is 16.4. The van der Waals surface area contributed by atoms with Crippen LogP contribution < -0.4 is 5.32 Å². The molecule has 1 aromatic carbocycles. The molecule has 1 fully saturated rings. The van der Waals surface area contributed by atoms with Gasteiger partial charge >= 0.3 is 5.97 Å². The molecule has 0 bridgehead atoms. The molecule has 0 radical (unpaired) electrons. The van der Waals surface area contributed by atoms with Gasteiger partial charge in [0.05, 0.1) is 12.0 Å². The van der Waals surface area contributed by atoms with Crippen LogP contribution >= 0.6 is 15.9 Å². The second-order valence-electron chi connectivity index (χ2n) is 6.06. The summed E-state index contributed by atoms with van der Waals surface area (Å²) in [5.41, 5.74) is 0.336. The summed E-state index contributed by atoms with van der Waals surface area (Å²) >= 11 is 3.38. The molecule has 25 heavy (non-hydrogen) atoms. The number of nitrogens with one attached hydrogen (secondary N) is 1. The Morgan fingerprint density at radius 2 is 1.96 bits per heavy atom. The molecule has 1 amide bonds. The van der Waals surface area contributed by atoms with Gasteiger partial charge in [-0.1, -0.05) is 15.9 Å². The quantitative estimate of drug-likeness (QED) is 0.793. The van der Waals surface area contributed by atoms with E-state index in [1.165, 1.54) is 0 Å². The Morgan fingerprint density at radius 1 is 1.28 bits per heavy atom. The molecule has 0 saturated carbocycles. The van der Waals surface area contributed by atoms with Gasteiger partial charge in [-0.3, -0.25) is 9.59 Å². The molecule has 2 heterocycles. The number of carbonyl (C=O) groups excluding carboxylic acids is 1. The minimum atomic E-state index is -0.942. The maximum absolute atomic E-state index is 12.6. The number of hydrogen-bond donors (Lipinski definition) is 2. The van der Waals surface area contributed by atoms with Crippen LogP contribution in [0.5, 0.6) is 0 Å². The molecule has 0 aliphatic carbocycles. The van der Waals surface area contributed by atoms with Gasteiger partial charge in [0.15, 0.2) is 0 Å². The number of halogens is 1. The third kappa shape index (κ3) is 4.26. The summed E-state index contributed by atoms with van der Waals surface area (Å²) in [5.74, 6) is -1.32. The lowest BCUT2D eigenvalue weighted by molar-refractivity contribution is -0.139. The summed E-state index contributed by atoms with van der Waals surface area (Å²) in [5, 5.41) is 12.0. The van der Waals surface area contributed by atoms with Gasteiger partial charge in [0.25, 0.3) is 5.91 Å². The van der Waals surface area contributed by atoms with E-state index in [0.717, 1.165) is 10.2 Å². The van der Waals surface area contributed by atoms with Crippen molar-refractivity contribution in [2.75, 3.05) is 13.2 Å². The SMILES string of the molecule is O=C(O)CC1(NC(=O)c2cn(-c3ccc(Br)cc3)cn2)CCOCC1. The number of benzene rings is 1. The maximum Gasteiger partial charge on any atom is 0.305 e. The number of nitrogens with zero attached hydrogens (tertiary/aromatic N) is 2. The molecule has 1 aliphatic rings. The summed E-state index contributed by atoms with van der Waals surface area (Å²) in [6, 6.07) is 7.60. The zero-order valence-corrected chi connectivity index (χ0v) is 15.0. The number of ether oxygens (including phenoxy) is 1. The van der Waals surface area contributed by atoms with Gasteiger partial charge in [-0.25, -0.2) is 4.98 Å². The van der Waals surface area contributed by atoms with Crippen molar-refractivity contribution in [3.05, 3.63) is 47.0 Å². The van der Waals surface area contributed by atoms with E-state index in [9.17, 15) is 14.7 Å². The van der Waals surface area contributed by atoms with Crippen molar-refractivity contribution >= 4 is 27.8 Å². The zero-order valence-electron chi connectivity index (χ0n) is 13.4. The van der Waals surface area contributed by atoms with Crippen LogP contribution in [0.1, 0.15) is 29.8 Å². The minimum Gasteiger partial charge on any atom is -0.481 e. The second-order valence-corrected chi connectivity index (χ2v) is 6.98. The summed E-state index contributed by atoms with van der Waals surface area (Å²) in [6.45, 7) is 0.863. The van der Waals surface area contributed by atoms with Crippen molar-refractivity contribution in [3.8, 4) is 5.69 Å². The first-order chi connectivity index (χ1) is 12.0. The van der Waals surface area contributed by atoms with Crippen LogP contribution in [-0.2, 0) is 9.53 Å². The third-order valence-corrected chi connectivity index (χ3v) is 4.79. The highest BCUT2D eigenvalue weighted by Gasteiger charge is 2.37. The summed E-state index contributed by atoms with van der Waals surface area (Å²) in [7, 11) is 0. The molecule has 2 N–H and O–H groups in total. The number of carboxylic acids is 1. The average Bonchev–Trinajstić information content (AvgIpc) is 3.05. The van der Waals surface area contributed by atoms with Crippen molar-refractivity contribution in [2.24, 2.45) is 0 Å². The molecule has 0 atom stereocenters. The summed E-state index contributed by atoms with van der Waals surface area (Å²) in [6.07, 6.45) is 4.00. The average molecular weight is 408 g/mol. The smallest absolute Gasteiger partial charge is 0.305 e. The fourth-order valence-corrected chi connectivity index (χ4v) is 3.16. The fraction of sp³-hybridized carbons (Fsp3) is 0.353. The lowest BCUT2D eigenvalue weighted by Crippen LogP contribution is -2.53. The van der Waals surface area contributed by atoms with Crippen LogP contribution in [0.4, 0.5) is 0 Å².